The van der Waals surface area contributed by atoms with Crippen LogP contribution in [-0.2, 0) is 0 Å². The second kappa shape index (κ2) is 5.39. The van der Waals surface area contributed by atoms with E-state index in [4.69, 9.17) is 0 Å². The van der Waals surface area contributed by atoms with Crippen LogP contribution in [0.1, 0.15) is 30.2 Å². The van der Waals surface area contributed by atoms with Crippen molar-refractivity contribution in [3.05, 3.63) is 20.8 Å². The minimum atomic E-state index is 0.668. The molecule has 2 aliphatic rings. The van der Waals surface area contributed by atoms with Crippen molar-refractivity contribution in [3.8, 4) is 0 Å². The van der Waals surface area contributed by atoms with Gasteiger partial charge in [-0.1, -0.05) is 12.8 Å². The first-order valence-electron chi connectivity index (χ1n) is 6.51. The second-order valence-electron chi connectivity index (χ2n) is 5.15. The Hall–Kier alpha value is 0.1000. The van der Waals surface area contributed by atoms with E-state index in [1.54, 1.807) is 4.88 Å². The quantitative estimate of drug-likeness (QED) is 0.917. The Labute approximate surface area is 116 Å². The third kappa shape index (κ3) is 3.11. The summed E-state index contributed by atoms with van der Waals surface area (Å²) in [7, 11) is 0. The molecular weight excluding hydrogens is 296 g/mol. The van der Waals surface area contributed by atoms with Gasteiger partial charge in [0, 0.05) is 47.0 Å². The molecule has 0 radical (unpaired) electrons. The van der Waals surface area contributed by atoms with E-state index in [2.05, 4.69) is 37.6 Å². The van der Waals surface area contributed by atoms with Gasteiger partial charge >= 0.3 is 0 Å². The average Bonchev–Trinajstić information content (AvgIpc) is 3.08. The minimum Gasteiger partial charge on any atom is -0.314 e. The van der Waals surface area contributed by atoms with Gasteiger partial charge in [0.25, 0.3) is 0 Å². The van der Waals surface area contributed by atoms with E-state index in [9.17, 15) is 0 Å². The molecule has 2 fully saturated rings. The molecule has 1 aromatic heterocycles. The fourth-order valence-corrected chi connectivity index (χ4v) is 4.20. The topological polar surface area (TPSA) is 15.3 Å². The third-order valence-corrected chi connectivity index (χ3v) is 5.56. The van der Waals surface area contributed by atoms with E-state index in [-0.39, 0.29) is 0 Å². The number of halogens is 1. The zero-order chi connectivity index (χ0) is 11.7. The van der Waals surface area contributed by atoms with Crippen LogP contribution in [0.4, 0.5) is 0 Å². The largest absolute Gasteiger partial charge is 0.314 e. The molecule has 4 heteroatoms. The van der Waals surface area contributed by atoms with Crippen LogP contribution in [-0.4, -0.2) is 31.1 Å². The second-order valence-corrected chi connectivity index (χ2v) is 7.01. The van der Waals surface area contributed by atoms with Crippen molar-refractivity contribution in [1.82, 2.24) is 10.2 Å². The van der Waals surface area contributed by atoms with Crippen molar-refractivity contribution >= 4 is 27.3 Å². The third-order valence-electron chi connectivity index (χ3n) is 3.76. The Balaban J connectivity index is 1.74. The highest BCUT2D eigenvalue weighted by atomic mass is 79.9. The predicted octanol–water partition coefficient (Wildman–Crippen LogP) is 3.26. The van der Waals surface area contributed by atoms with Gasteiger partial charge in [0.1, 0.15) is 0 Å². The molecule has 0 amide bonds. The Morgan fingerprint density at radius 2 is 2.18 bits per heavy atom. The van der Waals surface area contributed by atoms with Crippen molar-refractivity contribution in [2.45, 2.75) is 25.3 Å². The lowest BCUT2D eigenvalue weighted by atomic mass is 10.1. The summed E-state index contributed by atoms with van der Waals surface area (Å²) in [6.07, 6.45) is 4.28. The molecule has 3 rings (SSSR count). The number of rotatable bonds is 4. The smallest absolute Gasteiger partial charge is 0.0445 e. The fraction of sp³-hybridized carbons (Fsp3) is 0.692. The molecule has 0 unspecified atom stereocenters. The monoisotopic (exact) mass is 314 g/mol. The first-order chi connectivity index (χ1) is 8.33. The zero-order valence-corrected chi connectivity index (χ0v) is 12.4. The summed E-state index contributed by atoms with van der Waals surface area (Å²) in [5.41, 5.74) is 0. The van der Waals surface area contributed by atoms with Gasteiger partial charge in [-0.25, -0.2) is 0 Å². The molecule has 1 aliphatic heterocycles. The maximum atomic E-state index is 3.59. The number of thiophene rings is 1. The standard InChI is InChI=1S/C13H19BrN2S/c14-11-8-13(17-9-11)12(7-10-1-2-10)16-5-3-15-4-6-16/h8-10,12,15H,1-7H2/t12-/m1/s1. The molecule has 2 nitrogen and oxygen atoms in total. The molecular formula is C13H19BrN2S. The minimum absolute atomic E-state index is 0.668. The van der Waals surface area contributed by atoms with Crippen LogP contribution in [0, 0.1) is 5.92 Å². The molecule has 1 atom stereocenters. The van der Waals surface area contributed by atoms with Gasteiger partial charge in [0.15, 0.2) is 0 Å². The van der Waals surface area contributed by atoms with Gasteiger partial charge < -0.3 is 5.32 Å². The summed E-state index contributed by atoms with van der Waals surface area (Å²) < 4.78 is 1.24. The maximum Gasteiger partial charge on any atom is 0.0445 e. The molecule has 94 valence electrons. The van der Waals surface area contributed by atoms with Crippen LogP contribution >= 0.6 is 27.3 Å². The van der Waals surface area contributed by atoms with E-state index in [0.29, 0.717) is 6.04 Å². The van der Waals surface area contributed by atoms with Crippen molar-refractivity contribution in [1.29, 1.82) is 0 Å². The van der Waals surface area contributed by atoms with Crippen LogP contribution in [0.2, 0.25) is 0 Å². The van der Waals surface area contributed by atoms with E-state index in [1.807, 2.05) is 11.3 Å². The SMILES string of the molecule is Brc1csc([C@@H](CC2CC2)N2CCNCC2)c1. The average molecular weight is 315 g/mol. The number of piperazine rings is 1. The molecule has 2 heterocycles. The first-order valence-corrected chi connectivity index (χ1v) is 8.19. The lowest BCUT2D eigenvalue weighted by Gasteiger charge is -2.34. The van der Waals surface area contributed by atoms with Gasteiger partial charge in [-0.15, -0.1) is 11.3 Å². The predicted molar refractivity (Wildman–Crippen MR) is 76.5 cm³/mol. The normalized spacial score (nSPS) is 23.8. The molecule has 1 N–H and O–H groups in total. The fourth-order valence-electron chi connectivity index (χ4n) is 2.61. The lowest BCUT2D eigenvalue weighted by molar-refractivity contribution is 0.163. The molecule has 1 saturated carbocycles. The molecule has 0 spiro atoms. The molecule has 1 aromatic rings. The maximum absolute atomic E-state index is 3.59. The Kier molecular flexibility index (Phi) is 3.85. The zero-order valence-electron chi connectivity index (χ0n) is 9.99. The summed E-state index contributed by atoms with van der Waals surface area (Å²) in [5, 5.41) is 5.67. The summed E-state index contributed by atoms with van der Waals surface area (Å²) >= 11 is 5.50. The van der Waals surface area contributed by atoms with Crippen LogP contribution in [0.5, 0.6) is 0 Å². The highest BCUT2D eigenvalue weighted by molar-refractivity contribution is 9.10. The highest BCUT2D eigenvalue weighted by Crippen LogP contribution is 2.42. The van der Waals surface area contributed by atoms with E-state index in [1.165, 1.54) is 36.8 Å². The van der Waals surface area contributed by atoms with Crippen molar-refractivity contribution in [2.75, 3.05) is 26.2 Å². The van der Waals surface area contributed by atoms with Crippen LogP contribution in [0.3, 0.4) is 0 Å². The summed E-state index contributed by atoms with van der Waals surface area (Å²) in [6.45, 7) is 4.70. The number of hydrogen-bond acceptors (Lipinski definition) is 3. The number of nitrogens with one attached hydrogen (secondary N) is 1. The van der Waals surface area contributed by atoms with Crippen LogP contribution < -0.4 is 5.32 Å². The van der Waals surface area contributed by atoms with Gasteiger partial charge in [-0.3, -0.25) is 4.90 Å². The first kappa shape index (κ1) is 12.2. The summed E-state index contributed by atoms with van der Waals surface area (Å²) in [4.78, 5) is 4.22. The molecule has 0 aromatic carbocycles. The van der Waals surface area contributed by atoms with Gasteiger partial charge in [-0.05, 0) is 34.3 Å². The van der Waals surface area contributed by atoms with E-state index >= 15 is 0 Å². The highest BCUT2D eigenvalue weighted by Gasteiger charge is 2.31. The Morgan fingerprint density at radius 3 is 2.76 bits per heavy atom. The van der Waals surface area contributed by atoms with E-state index in [0.717, 1.165) is 19.0 Å². The van der Waals surface area contributed by atoms with Gasteiger partial charge in [0.05, 0.1) is 0 Å². The summed E-state index contributed by atoms with van der Waals surface area (Å²) in [6, 6.07) is 2.99. The van der Waals surface area contributed by atoms with Crippen molar-refractivity contribution in [3.63, 3.8) is 0 Å². The molecule has 17 heavy (non-hydrogen) atoms. The lowest BCUT2D eigenvalue weighted by Crippen LogP contribution is -2.45. The molecule has 1 aliphatic carbocycles. The van der Waals surface area contributed by atoms with E-state index < -0.39 is 0 Å². The van der Waals surface area contributed by atoms with Crippen LogP contribution in [0.15, 0.2) is 15.9 Å². The summed E-state index contributed by atoms with van der Waals surface area (Å²) in [5.74, 6) is 0.996. The van der Waals surface area contributed by atoms with Crippen molar-refractivity contribution in [2.24, 2.45) is 5.92 Å². The van der Waals surface area contributed by atoms with Gasteiger partial charge in [0.2, 0.25) is 0 Å². The van der Waals surface area contributed by atoms with Gasteiger partial charge in [-0.2, -0.15) is 0 Å². The molecule has 1 saturated heterocycles. The van der Waals surface area contributed by atoms with Crippen LogP contribution in [0.25, 0.3) is 0 Å². The van der Waals surface area contributed by atoms with Crippen molar-refractivity contribution < 1.29 is 0 Å². The Morgan fingerprint density at radius 1 is 1.41 bits per heavy atom. The Bertz CT molecular complexity index is 369. The number of nitrogens with zero attached hydrogens (tertiary/aromatic N) is 1. The molecule has 0 bridgehead atoms. The number of hydrogen-bond donors (Lipinski definition) is 1.